The van der Waals surface area contributed by atoms with Crippen LogP contribution in [0.2, 0.25) is 5.02 Å². The molecule has 1 saturated heterocycles. The highest BCUT2D eigenvalue weighted by molar-refractivity contribution is 6.31. The molecule has 1 aromatic carbocycles. The number of nitro groups is 1. The molecule has 1 heterocycles. The van der Waals surface area contributed by atoms with Crippen LogP contribution in [0.25, 0.3) is 0 Å². The van der Waals surface area contributed by atoms with Gasteiger partial charge < -0.3 is 9.64 Å². The third-order valence-electron chi connectivity index (χ3n) is 3.02. The molecule has 0 spiro atoms. The van der Waals surface area contributed by atoms with Crippen LogP contribution in [0.3, 0.4) is 0 Å². The lowest BCUT2D eigenvalue weighted by Crippen LogP contribution is -2.47. The Balaban J connectivity index is 2.35. The predicted octanol–water partition coefficient (Wildman–Crippen LogP) is 2.11. The van der Waals surface area contributed by atoms with E-state index in [4.69, 9.17) is 16.3 Å². The van der Waals surface area contributed by atoms with Crippen LogP contribution in [0, 0.1) is 10.1 Å². The average molecular weight is 285 g/mol. The summed E-state index contributed by atoms with van der Waals surface area (Å²) in [5.41, 5.74) is -0.209. The first-order valence-corrected chi connectivity index (χ1v) is 6.21. The summed E-state index contributed by atoms with van der Waals surface area (Å²) in [4.78, 5) is 24.4. The minimum Gasteiger partial charge on any atom is -0.377 e. The van der Waals surface area contributed by atoms with Crippen molar-refractivity contribution in [2.75, 3.05) is 19.8 Å². The molecule has 2 rings (SSSR count). The topological polar surface area (TPSA) is 72.7 Å². The summed E-state index contributed by atoms with van der Waals surface area (Å²) in [7, 11) is 0. The number of nitrogens with zero attached hydrogens (tertiary/aromatic N) is 2. The molecule has 1 aliphatic rings. The van der Waals surface area contributed by atoms with E-state index in [0.717, 1.165) is 0 Å². The number of ether oxygens (including phenoxy) is 1. The fourth-order valence-electron chi connectivity index (χ4n) is 2.02. The number of morpholine rings is 1. The average Bonchev–Trinajstić information content (AvgIpc) is 2.38. The smallest absolute Gasteiger partial charge is 0.283 e. The van der Waals surface area contributed by atoms with Gasteiger partial charge in [0.1, 0.15) is 5.56 Å². The second-order valence-corrected chi connectivity index (χ2v) is 4.78. The van der Waals surface area contributed by atoms with Crippen LogP contribution in [-0.4, -0.2) is 41.5 Å². The molecule has 0 N–H and O–H groups in total. The maximum absolute atomic E-state index is 12.4. The van der Waals surface area contributed by atoms with Gasteiger partial charge in [-0.1, -0.05) is 11.6 Å². The first-order chi connectivity index (χ1) is 9.00. The number of amides is 1. The van der Waals surface area contributed by atoms with E-state index < -0.39 is 4.92 Å². The van der Waals surface area contributed by atoms with Gasteiger partial charge in [0.05, 0.1) is 24.2 Å². The summed E-state index contributed by atoms with van der Waals surface area (Å²) in [6, 6.07) is 3.97. The molecule has 0 unspecified atom stereocenters. The van der Waals surface area contributed by atoms with Crippen molar-refractivity contribution in [1.29, 1.82) is 0 Å². The number of carbonyl (C=O) groups excluding carboxylic acids is 1. The number of hydrogen-bond donors (Lipinski definition) is 0. The Morgan fingerprint density at radius 1 is 1.58 bits per heavy atom. The summed E-state index contributed by atoms with van der Waals surface area (Å²) in [6.45, 7) is 3.16. The molecule has 0 radical (unpaired) electrons. The SMILES string of the molecule is C[C@@H]1COCCN1C(=O)c1ccc(Cl)cc1[N+](=O)[O-]. The summed E-state index contributed by atoms with van der Waals surface area (Å²) < 4.78 is 5.25. The van der Waals surface area contributed by atoms with Gasteiger partial charge in [0.15, 0.2) is 0 Å². The second kappa shape index (κ2) is 5.54. The van der Waals surface area contributed by atoms with Gasteiger partial charge in [-0.15, -0.1) is 0 Å². The number of halogens is 1. The fraction of sp³-hybridized carbons (Fsp3) is 0.417. The van der Waals surface area contributed by atoms with Crippen LogP contribution in [0.1, 0.15) is 17.3 Å². The highest BCUT2D eigenvalue weighted by Crippen LogP contribution is 2.25. The standard InChI is InChI=1S/C12H13ClN2O4/c1-8-7-19-5-4-14(8)12(16)10-3-2-9(13)6-11(10)15(17)18/h2-3,6,8H,4-5,7H2,1H3/t8-/m1/s1. The largest absolute Gasteiger partial charge is 0.377 e. The monoisotopic (exact) mass is 284 g/mol. The molecule has 0 saturated carbocycles. The molecular formula is C12H13ClN2O4. The van der Waals surface area contributed by atoms with E-state index in [1.165, 1.54) is 18.2 Å². The summed E-state index contributed by atoms with van der Waals surface area (Å²) in [6.07, 6.45) is 0. The van der Waals surface area contributed by atoms with Crippen LogP contribution in [0.15, 0.2) is 18.2 Å². The van der Waals surface area contributed by atoms with E-state index in [-0.39, 0.29) is 28.2 Å². The number of hydrogen-bond acceptors (Lipinski definition) is 4. The van der Waals surface area contributed by atoms with E-state index in [0.29, 0.717) is 19.8 Å². The van der Waals surface area contributed by atoms with Gasteiger partial charge in [0.2, 0.25) is 0 Å². The maximum atomic E-state index is 12.4. The van der Waals surface area contributed by atoms with Crippen LogP contribution in [-0.2, 0) is 4.74 Å². The second-order valence-electron chi connectivity index (χ2n) is 4.34. The van der Waals surface area contributed by atoms with E-state index in [2.05, 4.69) is 0 Å². The Kier molecular flexibility index (Phi) is 4.01. The summed E-state index contributed by atoms with van der Waals surface area (Å²) >= 11 is 5.73. The van der Waals surface area contributed by atoms with Crippen LogP contribution < -0.4 is 0 Å². The molecule has 7 heteroatoms. The highest BCUT2D eigenvalue weighted by atomic mass is 35.5. The van der Waals surface area contributed by atoms with E-state index in [1.807, 2.05) is 6.92 Å². The quantitative estimate of drug-likeness (QED) is 0.616. The zero-order chi connectivity index (χ0) is 14.0. The Morgan fingerprint density at radius 3 is 2.95 bits per heavy atom. The zero-order valence-corrected chi connectivity index (χ0v) is 11.1. The Hall–Kier alpha value is -1.66. The van der Waals surface area contributed by atoms with Gasteiger partial charge in [-0.3, -0.25) is 14.9 Å². The number of rotatable bonds is 2. The first-order valence-electron chi connectivity index (χ1n) is 5.83. The van der Waals surface area contributed by atoms with Gasteiger partial charge >= 0.3 is 0 Å². The van der Waals surface area contributed by atoms with E-state index in [9.17, 15) is 14.9 Å². The molecule has 1 aliphatic heterocycles. The van der Waals surface area contributed by atoms with Crippen molar-refractivity contribution in [1.82, 2.24) is 4.90 Å². The number of benzene rings is 1. The van der Waals surface area contributed by atoms with Gasteiger partial charge in [0.25, 0.3) is 11.6 Å². The minimum atomic E-state index is -0.593. The molecule has 19 heavy (non-hydrogen) atoms. The number of nitro benzene ring substituents is 1. The third kappa shape index (κ3) is 2.85. The van der Waals surface area contributed by atoms with Crippen molar-refractivity contribution < 1.29 is 14.5 Å². The first kappa shape index (κ1) is 13.8. The third-order valence-corrected chi connectivity index (χ3v) is 3.25. The van der Waals surface area contributed by atoms with Crippen LogP contribution in [0.5, 0.6) is 0 Å². The van der Waals surface area contributed by atoms with Gasteiger partial charge in [-0.25, -0.2) is 0 Å². The fourth-order valence-corrected chi connectivity index (χ4v) is 2.19. The van der Waals surface area contributed by atoms with E-state index >= 15 is 0 Å². The zero-order valence-electron chi connectivity index (χ0n) is 10.3. The summed E-state index contributed by atoms with van der Waals surface area (Å²) in [5, 5.41) is 11.2. The molecule has 6 nitrogen and oxygen atoms in total. The Morgan fingerprint density at radius 2 is 2.32 bits per heavy atom. The molecule has 102 valence electrons. The molecule has 1 aromatic rings. The van der Waals surface area contributed by atoms with Crippen molar-refractivity contribution in [3.63, 3.8) is 0 Å². The van der Waals surface area contributed by atoms with Crippen molar-refractivity contribution in [2.45, 2.75) is 13.0 Å². The molecule has 1 amide bonds. The predicted molar refractivity (Wildman–Crippen MR) is 69.4 cm³/mol. The molecular weight excluding hydrogens is 272 g/mol. The van der Waals surface area contributed by atoms with Crippen LogP contribution in [0.4, 0.5) is 5.69 Å². The number of carbonyl (C=O) groups is 1. The molecule has 1 atom stereocenters. The molecule has 0 aromatic heterocycles. The molecule has 0 bridgehead atoms. The summed E-state index contributed by atoms with van der Waals surface area (Å²) in [5.74, 6) is -0.362. The Bertz CT molecular complexity index is 520. The van der Waals surface area contributed by atoms with Gasteiger partial charge in [-0.05, 0) is 19.1 Å². The normalized spacial score (nSPS) is 19.3. The molecule has 1 fully saturated rings. The van der Waals surface area contributed by atoms with Crippen LogP contribution >= 0.6 is 11.6 Å². The lowest BCUT2D eigenvalue weighted by atomic mass is 10.1. The van der Waals surface area contributed by atoms with Crippen molar-refractivity contribution in [3.8, 4) is 0 Å². The van der Waals surface area contributed by atoms with Crippen molar-refractivity contribution in [3.05, 3.63) is 38.9 Å². The van der Waals surface area contributed by atoms with E-state index in [1.54, 1.807) is 4.90 Å². The lowest BCUT2D eigenvalue weighted by Gasteiger charge is -2.33. The highest BCUT2D eigenvalue weighted by Gasteiger charge is 2.29. The minimum absolute atomic E-state index is 0.0585. The van der Waals surface area contributed by atoms with Crippen molar-refractivity contribution in [2.24, 2.45) is 0 Å². The van der Waals surface area contributed by atoms with Crippen molar-refractivity contribution >= 4 is 23.2 Å². The maximum Gasteiger partial charge on any atom is 0.283 e. The lowest BCUT2D eigenvalue weighted by molar-refractivity contribution is -0.385. The Labute approximate surface area is 115 Å². The molecule has 0 aliphatic carbocycles. The van der Waals surface area contributed by atoms with Gasteiger partial charge in [0, 0.05) is 17.6 Å². The van der Waals surface area contributed by atoms with Gasteiger partial charge in [-0.2, -0.15) is 0 Å².